The summed E-state index contributed by atoms with van der Waals surface area (Å²) >= 11 is 0. The third kappa shape index (κ3) is 11.5. The van der Waals surface area contributed by atoms with Gasteiger partial charge in [-0.15, -0.1) is 13.2 Å². The van der Waals surface area contributed by atoms with Gasteiger partial charge in [0.25, 0.3) is 0 Å². The molecule has 0 saturated heterocycles. The van der Waals surface area contributed by atoms with Crippen LogP contribution in [0.25, 0.3) is 0 Å². The lowest BCUT2D eigenvalue weighted by Crippen LogP contribution is -2.42. The summed E-state index contributed by atoms with van der Waals surface area (Å²) < 4.78 is 18.8. The summed E-state index contributed by atoms with van der Waals surface area (Å²) in [7, 11) is 0. The quantitative estimate of drug-likeness (QED) is 0.208. The van der Waals surface area contributed by atoms with E-state index in [4.69, 9.17) is 4.74 Å². The maximum atomic E-state index is 13.3. The Kier molecular flexibility index (Phi) is 14.4. The molecular formula is C32H41FN2O5. The molecule has 0 aliphatic heterocycles. The van der Waals surface area contributed by atoms with Crippen LogP contribution >= 0.6 is 0 Å². The molecule has 7 nitrogen and oxygen atoms in total. The van der Waals surface area contributed by atoms with Crippen LogP contribution in [0.4, 0.5) is 4.39 Å². The zero-order valence-corrected chi connectivity index (χ0v) is 23.3. The van der Waals surface area contributed by atoms with Gasteiger partial charge in [-0.1, -0.05) is 54.6 Å². The van der Waals surface area contributed by atoms with E-state index in [1.807, 2.05) is 30.3 Å². The van der Waals surface area contributed by atoms with E-state index in [1.165, 1.54) is 17.0 Å². The van der Waals surface area contributed by atoms with Gasteiger partial charge in [-0.05, 0) is 55.9 Å². The van der Waals surface area contributed by atoms with Gasteiger partial charge in [-0.2, -0.15) is 0 Å². The Morgan fingerprint density at radius 2 is 1.73 bits per heavy atom. The highest BCUT2D eigenvalue weighted by Gasteiger charge is 2.26. The molecular weight excluding hydrogens is 511 g/mol. The van der Waals surface area contributed by atoms with Crippen LogP contribution in [0, 0.1) is 17.7 Å². The van der Waals surface area contributed by atoms with Crippen molar-refractivity contribution in [3.8, 4) is 0 Å². The summed E-state index contributed by atoms with van der Waals surface area (Å²) in [5.41, 5.74) is 1.75. The highest BCUT2D eigenvalue weighted by molar-refractivity contribution is 5.86. The molecule has 3 atom stereocenters. The Bertz CT molecular complexity index is 1090. The molecule has 0 unspecified atom stereocenters. The SMILES string of the molecule is C=CCC[C@@H](Cc1ccc(F)cc1)C(=O)OC[C@H](C)NC(=O)[C@@H](CC=C)CC(=O)N(CCO)Cc1ccccc1. The van der Waals surface area contributed by atoms with Crippen LogP contribution in [0.5, 0.6) is 0 Å². The van der Waals surface area contributed by atoms with E-state index in [1.54, 1.807) is 31.2 Å². The normalized spacial score (nSPS) is 13.0. The van der Waals surface area contributed by atoms with E-state index in [0.29, 0.717) is 32.2 Å². The number of aliphatic hydroxyl groups excluding tert-OH is 1. The number of esters is 1. The molecule has 8 heteroatoms. The molecule has 0 heterocycles. The maximum absolute atomic E-state index is 13.3. The summed E-state index contributed by atoms with van der Waals surface area (Å²) in [4.78, 5) is 40.5. The smallest absolute Gasteiger partial charge is 0.309 e. The molecule has 0 fully saturated rings. The average molecular weight is 553 g/mol. The summed E-state index contributed by atoms with van der Waals surface area (Å²) in [6.45, 7) is 9.44. The third-order valence-electron chi connectivity index (χ3n) is 6.49. The van der Waals surface area contributed by atoms with Crippen molar-refractivity contribution in [2.75, 3.05) is 19.8 Å². The van der Waals surface area contributed by atoms with Gasteiger partial charge in [0.2, 0.25) is 11.8 Å². The lowest BCUT2D eigenvalue weighted by Gasteiger charge is -2.25. The lowest BCUT2D eigenvalue weighted by molar-refractivity contribution is -0.150. The summed E-state index contributed by atoms with van der Waals surface area (Å²) in [6.07, 6.45) is 5.15. The molecule has 0 spiro atoms. The van der Waals surface area contributed by atoms with Gasteiger partial charge in [0.15, 0.2) is 0 Å². The topological polar surface area (TPSA) is 95.9 Å². The van der Waals surface area contributed by atoms with Gasteiger partial charge in [0, 0.05) is 19.5 Å². The number of nitrogens with one attached hydrogen (secondary N) is 1. The number of hydrogen-bond donors (Lipinski definition) is 2. The fourth-order valence-electron chi connectivity index (χ4n) is 4.30. The molecule has 0 aliphatic carbocycles. The number of rotatable bonds is 18. The van der Waals surface area contributed by atoms with Crippen molar-refractivity contribution in [1.82, 2.24) is 10.2 Å². The Morgan fingerprint density at radius 1 is 1.02 bits per heavy atom. The number of amides is 2. The van der Waals surface area contributed by atoms with Crippen molar-refractivity contribution in [2.45, 2.75) is 51.6 Å². The van der Waals surface area contributed by atoms with Gasteiger partial charge >= 0.3 is 5.97 Å². The molecule has 2 aromatic rings. The fraction of sp³-hybridized carbons (Fsp3) is 0.406. The Hall–Kier alpha value is -3.78. The van der Waals surface area contributed by atoms with Crippen LogP contribution in [-0.4, -0.2) is 53.6 Å². The summed E-state index contributed by atoms with van der Waals surface area (Å²) in [6, 6.07) is 15.0. The Balaban J connectivity index is 1.94. The number of nitrogens with zero attached hydrogens (tertiary/aromatic N) is 1. The largest absolute Gasteiger partial charge is 0.463 e. The van der Waals surface area contributed by atoms with Gasteiger partial charge in [-0.3, -0.25) is 14.4 Å². The highest BCUT2D eigenvalue weighted by atomic mass is 19.1. The molecule has 0 saturated carbocycles. The number of aliphatic hydroxyl groups is 1. The predicted octanol–water partition coefficient (Wildman–Crippen LogP) is 4.60. The molecule has 0 radical (unpaired) electrons. The van der Waals surface area contributed by atoms with Crippen LogP contribution in [0.1, 0.15) is 43.7 Å². The number of halogens is 1. The van der Waals surface area contributed by atoms with Gasteiger partial charge < -0.3 is 20.1 Å². The molecule has 216 valence electrons. The summed E-state index contributed by atoms with van der Waals surface area (Å²) in [5.74, 6) is -2.41. The number of carbonyl (C=O) groups is 3. The summed E-state index contributed by atoms with van der Waals surface area (Å²) in [5, 5.41) is 12.3. The molecule has 2 N–H and O–H groups in total. The fourth-order valence-corrected chi connectivity index (χ4v) is 4.30. The van der Waals surface area contributed by atoms with E-state index in [0.717, 1.165) is 11.1 Å². The number of hydrogen-bond acceptors (Lipinski definition) is 5. The van der Waals surface area contributed by atoms with Gasteiger partial charge in [0.05, 0.1) is 24.5 Å². The standard InChI is InChI=1S/C32H41FN2O5/c1-4-6-13-28(20-25-14-16-29(33)17-15-25)32(39)40-23-24(3)34-31(38)27(10-5-2)21-30(37)35(18-19-36)22-26-11-8-7-9-12-26/h4-5,7-9,11-12,14-17,24,27-28,36H,1-2,6,10,13,18-23H2,3H3,(H,34,38)/t24-,27-,28-/m0/s1. The zero-order chi connectivity index (χ0) is 29.3. The first-order chi connectivity index (χ1) is 19.3. The van der Waals surface area contributed by atoms with E-state index >= 15 is 0 Å². The van der Waals surface area contributed by atoms with Crippen LogP contribution in [0.3, 0.4) is 0 Å². The van der Waals surface area contributed by atoms with Crippen LogP contribution in [-0.2, 0) is 32.1 Å². The third-order valence-corrected chi connectivity index (χ3v) is 6.49. The van der Waals surface area contributed by atoms with E-state index in [9.17, 15) is 23.9 Å². The average Bonchev–Trinajstić information content (AvgIpc) is 2.95. The van der Waals surface area contributed by atoms with E-state index in [-0.39, 0.29) is 43.8 Å². The number of allylic oxidation sites excluding steroid dienone is 2. The molecule has 40 heavy (non-hydrogen) atoms. The Morgan fingerprint density at radius 3 is 2.35 bits per heavy atom. The second kappa shape index (κ2) is 17.7. The number of benzene rings is 2. The minimum absolute atomic E-state index is 0.0298. The first kappa shape index (κ1) is 32.4. The Labute approximate surface area is 236 Å². The van der Waals surface area contributed by atoms with Crippen molar-refractivity contribution in [3.63, 3.8) is 0 Å². The maximum Gasteiger partial charge on any atom is 0.309 e. The molecule has 0 aliphatic rings. The van der Waals surface area contributed by atoms with Gasteiger partial charge in [-0.25, -0.2) is 4.39 Å². The van der Waals surface area contributed by atoms with Crippen LogP contribution < -0.4 is 5.32 Å². The van der Waals surface area contributed by atoms with Crippen LogP contribution in [0.2, 0.25) is 0 Å². The monoisotopic (exact) mass is 552 g/mol. The van der Waals surface area contributed by atoms with Crippen LogP contribution in [0.15, 0.2) is 79.9 Å². The lowest BCUT2D eigenvalue weighted by atomic mass is 9.95. The van der Waals surface area contributed by atoms with Crippen molar-refractivity contribution >= 4 is 17.8 Å². The minimum atomic E-state index is -0.654. The molecule has 2 rings (SSSR count). The molecule has 0 aromatic heterocycles. The van der Waals surface area contributed by atoms with Crippen molar-refractivity contribution in [3.05, 3.63) is 96.9 Å². The van der Waals surface area contributed by atoms with E-state index < -0.39 is 23.8 Å². The number of ether oxygens (including phenoxy) is 1. The predicted molar refractivity (Wildman–Crippen MR) is 153 cm³/mol. The molecule has 2 aromatic carbocycles. The first-order valence-corrected chi connectivity index (χ1v) is 13.6. The molecule has 0 bridgehead atoms. The number of carbonyl (C=O) groups excluding carboxylic acids is 3. The second-order valence-electron chi connectivity index (χ2n) is 9.88. The highest BCUT2D eigenvalue weighted by Crippen LogP contribution is 2.18. The minimum Gasteiger partial charge on any atom is -0.463 e. The van der Waals surface area contributed by atoms with Crippen molar-refractivity contribution < 1.29 is 28.6 Å². The van der Waals surface area contributed by atoms with Crippen molar-refractivity contribution in [1.29, 1.82) is 0 Å². The van der Waals surface area contributed by atoms with E-state index in [2.05, 4.69) is 18.5 Å². The zero-order valence-electron chi connectivity index (χ0n) is 23.3. The van der Waals surface area contributed by atoms with Gasteiger partial charge in [0.1, 0.15) is 12.4 Å². The van der Waals surface area contributed by atoms with Crippen molar-refractivity contribution in [2.24, 2.45) is 11.8 Å². The molecule has 2 amide bonds. The first-order valence-electron chi connectivity index (χ1n) is 13.6. The second-order valence-corrected chi connectivity index (χ2v) is 9.88.